The Morgan fingerprint density at radius 3 is 2.74 bits per heavy atom. The molecule has 4 rings (SSSR count). The second kappa shape index (κ2) is 6.98. The van der Waals surface area contributed by atoms with E-state index in [9.17, 15) is 9.59 Å². The van der Waals surface area contributed by atoms with Crippen LogP contribution in [0, 0.1) is 40.4 Å². The zero-order chi connectivity index (χ0) is 19.2. The number of rotatable bonds is 4. The number of fused-ring (bicyclic) bond motifs is 5. The lowest BCUT2D eigenvalue weighted by atomic mass is 9.43. The summed E-state index contributed by atoms with van der Waals surface area (Å²) in [6.07, 6.45) is 9.00. The predicted octanol–water partition coefficient (Wildman–Crippen LogP) is 3.35. The Labute approximate surface area is 162 Å². The Morgan fingerprint density at radius 2 is 2.00 bits per heavy atom. The molecule has 0 spiro atoms. The third kappa shape index (κ3) is 2.88. The molecule has 0 saturated heterocycles. The Bertz CT molecular complexity index is 647. The summed E-state index contributed by atoms with van der Waals surface area (Å²) in [4.78, 5) is 30.0. The maximum atomic E-state index is 12.6. The average molecular weight is 375 g/mol. The largest absolute Gasteiger partial charge is 0.395 e. The third-order valence-electron chi connectivity index (χ3n) is 8.89. The monoisotopic (exact) mass is 374 g/mol. The lowest BCUT2D eigenvalue weighted by Gasteiger charge is -2.61. The second-order valence-corrected chi connectivity index (χ2v) is 9.93. The fourth-order valence-corrected chi connectivity index (χ4v) is 7.40. The molecular formula is C22H34N2O3. The molecule has 0 aromatic carbocycles. The number of aldehydes is 1. The van der Waals surface area contributed by atoms with Crippen LogP contribution < -0.4 is 5.73 Å². The van der Waals surface area contributed by atoms with Crippen LogP contribution in [-0.4, -0.2) is 30.9 Å². The van der Waals surface area contributed by atoms with Crippen molar-refractivity contribution in [3.8, 4) is 0 Å². The van der Waals surface area contributed by atoms with E-state index in [-0.39, 0.29) is 16.7 Å². The molecule has 5 nitrogen and oxygen atoms in total. The lowest BCUT2D eigenvalue weighted by Crippen LogP contribution is -2.56. The Kier molecular flexibility index (Phi) is 4.94. The Balaban J connectivity index is 1.60. The number of nitrogens with two attached hydrogens (primary N) is 1. The highest BCUT2D eigenvalue weighted by Crippen LogP contribution is 2.66. The minimum Gasteiger partial charge on any atom is -0.395 e. The van der Waals surface area contributed by atoms with Gasteiger partial charge in [0.2, 0.25) is 0 Å². The van der Waals surface area contributed by atoms with Crippen LogP contribution in [-0.2, 0) is 14.4 Å². The van der Waals surface area contributed by atoms with Crippen LogP contribution >= 0.6 is 0 Å². The van der Waals surface area contributed by atoms with Crippen molar-refractivity contribution in [2.24, 2.45) is 51.3 Å². The van der Waals surface area contributed by atoms with Crippen LogP contribution in [0.2, 0.25) is 0 Å². The second-order valence-electron chi connectivity index (χ2n) is 9.93. The first kappa shape index (κ1) is 19.1. The smallest absolute Gasteiger partial charge is 0.139 e. The first-order chi connectivity index (χ1) is 12.9. The van der Waals surface area contributed by atoms with E-state index in [0.29, 0.717) is 42.6 Å². The number of Topliss-reactive ketones (excluding diaryl/α,β-unsaturated/α-hetero) is 1. The molecule has 0 aromatic heterocycles. The van der Waals surface area contributed by atoms with Crippen molar-refractivity contribution in [2.45, 2.75) is 65.2 Å². The van der Waals surface area contributed by atoms with Gasteiger partial charge in [-0.05, 0) is 74.0 Å². The maximum Gasteiger partial charge on any atom is 0.139 e. The highest BCUT2D eigenvalue weighted by atomic mass is 16.6. The van der Waals surface area contributed by atoms with Crippen LogP contribution in [0.1, 0.15) is 65.2 Å². The molecule has 4 aliphatic carbocycles. The molecule has 2 N–H and O–H groups in total. The quantitative estimate of drug-likeness (QED) is 0.465. The van der Waals surface area contributed by atoms with Crippen molar-refractivity contribution in [3.63, 3.8) is 0 Å². The molecular weight excluding hydrogens is 340 g/mol. The number of hydrogen-bond acceptors (Lipinski definition) is 5. The van der Waals surface area contributed by atoms with Crippen molar-refractivity contribution in [2.75, 3.05) is 13.2 Å². The first-order valence-electron chi connectivity index (χ1n) is 10.8. The van der Waals surface area contributed by atoms with E-state index in [1.165, 1.54) is 6.29 Å². The van der Waals surface area contributed by atoms with E-state index in [4.69, 9.17) is 10.6 Å². The van der Waals surface area contributed by atoms with Crippen molar-refractivity contribution in [1.82, 2.24) is 0 Å². The molecule has 150 valence electrons. The highest BCUT2D eigenvalue weighted by Gasteiger charge is 2.62. The standard InChI is InChI=1S/C22H34N2O3/c1-21-7-5-15(24-27-10-9-23)12-19(21)14(13-25)11-16-17-3-4-20(26)22(17,2)8-6-18(16)21/h13-14,16-19H,3-12,23H2,1-2H3/b24-15-/t14-,16+,17+,18+,19?,21-,22+/m1/s1. The average Bonchev–Trinajstić information content (AvgIpc) is 2.96. The number of ketones is 1. The molecule has 4 fully saturated rings. The molecule has 27 heavy (non-hydrogen) atoms. The molecule has 0 amide bonds. The van der Waals surface area contributed by atoms with Gasteiger partial charge in [-0.1, -0.05) is 19.0 Å². The zero-order valence-electron chi connectivity index (χ0n) is 16.8. The van der Waals surface area contributed by atoms with Crippen molar-refractivity contribution < 1.29 is 14.4 Å². The van der Waals surface area contributed by atoms with Gasteiger partial charge in [-0.3, -0.25) is 4.79 Å². The van der Waals surface area contributed by atoms with Crippen LogP contribution in [0.4, 0.5) is 0 Å². The number of oxime groups is 1. The van der Waals surface area contributed by atoms with E-state index in [1.54, 1.807) is 0 Å². The molecule has 7 atom stereocenters. The number of carbonyl (C=O) groups excluding carboxylic acids is 2. The Hall–Kier alpha value is -1.23. The summed E-state index contributed by atoms with van der Waals surface area (Å²) in [5.41, 5.74) is 6.62. The summed E-state index contributed by atoms with van der Waals surface area (Å²) in [5, 5.41) is 4.32. The molecule has 0 bridgehead atoms. The molecule has 4 aliphatic rings. The molecule has 4 saturated carbocycles. The van der Waals surface area contributed by atoms with Crippen LogP contribution in [0.3, 0.4) is 0 Å². The topological polar surface area (TPSA) is 81.8 Å². The third-order valence-corrected chi connectivity index (χ3v) is 8.89. The van der Waals surface area contributed by atoms with Gasteiger partial charge in [0.1, 0.15) is 18.7 Å². The maximum absolute atomic E-state index is 12.6. The molecule has 0 aliphatic heterocycles. The van der Waals surface area contributed by atoms with Crippen molar-refractivity contribution in [1.29, 1.82) is 0 Å². The van der Waals surface area contributed by atoms with Gasteiger partial charge >= 0.3 is 0 Å². The van der Waals surface area contributed by atoms with Crippen molar-refractivity contribution in [3.05, 3.63) is 0 Å². The van der Waals surface area contributed by atoms with Crippen LogP contribution in [0.15, 0.2) is 5.16 Å². The minimum atomic E-state index is -0.130. The fourth-order valence-electron chi connectivity index (χ4n) is 7.40. The molecule has 0 radical (unpaired) electrons. The number of carbonyl (C=O) groups is 2. The first-order valence-corrected chi connectivity index (χ1v) is 10.8. The van der Waals surface area contributed by atoms with E-state index < -0.39 is 0 Å². The van der Waals surface area contributed by atoms with E-state index >= 15 is 0 Å². The summed E-state index contributed by atoms with van der Waals surface area (Å²) >= 11 is 0. The number of hydrogen-bond donors (Lipinski definition) is 1. The van der Waals surface area contributed by atoms with Crippen LogP contribution in [0.5, 0.6) is 0 Å². The van der Waals surface area contributed by atoms with Gasteiger partial charge in [-0.2, -0.15) is 0 Å². The van der Waals surface area contributed by atoms with Gasteiger partial charge in [0.25, 0.3) is 0 Å². The fraction of sp³-hybridized carbons (Fsp3) is 0.864. The predicted molar refractivity (Wildman–Crippen MR) is 104 cm³/mol. The van der Waals surface area contributed by atoms with E-state index in [1.807, 2.05) is 0 Å². The molecule has 1 unspecified atom stereocenters. The normalized spacial score (nSPS) is 47.9. The SMILES string of the molecule is C[C@]12CC/C(=N/OCCN)CC1[C@@H](C=O)C[C@@H]1[C@@H]2CC[C@]2(C)C(=O)CC[C@@H]12. The molecule has 5 heteroatoms. The van der Waals surface area contributed by atoms with Gasteiger partial charge in [-0.25, -0.2) is 0 Å². The van der Waals surface area contributed by atoms with Crippen molar-refractivity contribution >= 4 is 17.8 Å². The minimum absolute atomic E-state index is 0.0781. The van der Waals surface area contributed by atoms with E-state index in [0.717, 1.165) is 57.1 Å². The van der Waals surface area contributed by atoms with Gasteiger partial charge in [-0.15, -0.1) is 0 Å². The van der Waals surface area contributed by atoms with Crippen LogP contribution in [0.25, 0.3) is 0 Å². The highest BCUT2D eigenvalue weighted by molar-refractivity contribution is 5.87. The zero-order valence-corrected chi connectivity index (χ0v) is 16.8. The van der Waals surface area contributed by atoms with Gasteiger partial charge in [0.05, 0.1) is 5.71 Å². The summed E-state index contributed by atoms with van der Waals surface area (Å²) in [6, 6.07) is 0. The van der Waals surface area contributed by atoms with Gasteiger partial charge in [0.15, 0.2) is 0 Å². The van der Waals surface area contributed by atoms with Gasteiger partial charge in [0, 0.05) is 24.3 Å². The lowest BCUT2D eigenvalue weighted by molar-refractivity contribution is -0.146. The summed E-state index contributed by atoms with van der Waals surface area (Å²) in [7, 11) is 0. The summed E-state index contributed by atoms with van der Waals surface area (Å²) in [5.74, 6) is 2.54. The molecule has 0 aromatic rings. The summed E-state index contributed by atoms with van der Waals surface area (Å²) < 4.78 is 0. The van der Waals surface area contributed by atoms with Gasteiger partial charge < -0.3 is 15.4 Å². The van der Waals surface area contributed by atoms with E-state index in [2.05, 4.69) is 19.0 Å². The molecule has 0 heterocycles. The Morgan fingerprint density at radius 1 is 1.19 bits per heavy atom. The summed E-state index contributed by atoms with van der Waals surface area (Å²) in [6.45, 7) is 5.54. The number of nitrogens with zero attached hydrogens (tertiary/aromatic N) is 1.